The highest BCUT2D eigenvalue weighted by atomic mass is 19.4. The molecule has 160 valence electrons. The van der Waals surface area contributed by atoms with Crippen molar-refractivity contribution in [1.82, 2.24) is 9.88 Å². The number of anilines is 1. The number of pyridine rings is 1. The molecule has 0 unspecified atom stereocenters. The molecule has 1 aliphatic rings. The molecule has 1 aromatic carbocycles. The monoisotopic (exact) mass is 421 g/mol. The van der Waals surface area contributed by atoms with Crippen LogP contribution in [0.4, 0.5) is 18.9 Å². The van der Waals surface area contributed by atoms with E-state index in [-0.39, 0.29) is 18.2 Å². The average molecular weight is 421 g/mol. The highest BCUT2D eigenvalue weighted by Crippen LogP contribution is 2.32. The quantitative estimate of drug-likeness (QED) is 0.707. The van der Waals surface area contributed by atoms with Crippen molar-refractivity contribution in [2.75, 3.05) is 37.7 Å². The smallest absolute Gasteiger partial charge is 0.416 e. The molecular weight excluding hydrogens is 399 g/mol. The molecule has 1 amide bonds. The molecular formula is C21H22F3N3O3. The van der Waals surface area contributed by atoms with E-state index in [4.69, 9.17) is 4.74 Å². The van der Waals surface area contributed by atoms with Crippen LogP contribution in [0.3, 0.4) is 0 Å². The van der Waals surface area contributed by atoms with E-state index in [0.717, 1.165) is 12.1 Å². The third kappa shape index (κ3) is 4.72. The van der Waals surface area contributed by atoms with Gasteiger partial charge in [0.05, 0.1) is 23.4 Å². The summed E-state index contributed by atoms with van der Waals surface area (Å²) >= 11 is 0. The molecule has 1 aliphatic heterocycles. The summed E-state index contributed by atoms with van der Waals surface area (Å²) in [5.41, 5.74) is 0.710. The van der Waals surface area contributed by atoms with E-state index in [2.05, 4.69) is 4.98 Å². The Labute approximate surface area is 172 Å². The number of piperazine rings is 1. The Morgan fingerprint density at radius 1 is 1.10 bits per heavy atom. The van der Waals surface area contributed by atoms with Crippen molar-refractivity contribution in [3.8, 4) is 0 Å². The fraction of sp³-hybridized carbons (Fsp3) is 0.381. The summed E-state index contributed by atoms with van der Waals surface area (Å²) in [4.78, 5) is 32.3. The Balaban J connectivity index is 1.66. The summed E-state index contributed by atoms with van der Waals surface area (Å²) in [6.45, 7) is 5.12. The molecule has 0 N–H and O–H groups in total. The van der Waals surface area contributed by atoms with Gasteiger partial charge in [0.15, 0.2) is 0 Å². The number of esters is 1. The Kier molecular flexibility index (Phi) is 6.28. The van der Waals surface area contributed by atoms with Crippen LogP contribution in [-0.4, -0.2) is 54.5 Å². The van der Waals surface area contributed by atoms with Crippen molar-refractivity contribution >= 4 is 17.6 Å². The Bertz CT molecular complexity index is 939. The Morgan fingerprint density at radius 3 is 2.40 bits per heavy atom. The van der Waals surface area contributed by atoms with Crippen LogP contribution >= 0.6 is 0 Å². The predicted molar refractivity (Wildman–Crippen MR) is 104 cm³/mol. The molecule has 1 aromatic heterocycles. The first-order valence-corrected chi connectivity index (χ1v) is 9.57. The molecule has 0 saturated carbocycles. The van der Waals surface area contributed by atoms with Crippen LogP contribution in [0, 0.1) is 6.92 Å². The molecule has 0 radical (unpaired) electrons. The van der Waals surface area contributed by atoms with Crippen molar-refractivity contribution < 1.29 is 27.5 Å². The molecule has 0 spiro atoms. The minimum absolute atomic E-state index is 0.216. The fourth-order valence-electron chi connectivity index (χ4n) is 3.31. The van der Waals surface area contributed by atoms with E-state index >= 15 is 0 Å². The van der Waals surface area contributed by atoms with Gasteiger partial charge < -0.3 is 14.5 Å². The van der Waals surface area contributed by atoms with Gasteiger partial charge in [0.1, 0.15) is 5.69 Å². The molecule has 2 aromatic rings. The predicted octanol–water partition coefficient (Wildman–Crippen LogP) is 3.55. The van der Waals surface area contributed by atoms with Gasteiger partial charge in [-0.1, -0.05) is 6.07 Å². The number of benzene rings is 1. The summed E-state index contributed by atoms with van der Waals surface area (Å²) in [7, 11) is 0. The van der Waals surface area contributed by atoms with Crippen molar-refractivity contribution in [3.63, 3.8) is 0 Å². The first kappa shape index (κ1) is 21.6. The molecule has 2 heterocycles. The van der Waals surface area contributed by atoms with Crippen LogP contribution in [-0.2, 0) is 10.9 Å². The van der Waals surface area contributed by atoms with Crippen LogP contribution in [0.1, 0.15) is 39.0 Å². The topological polar surface area (TPSA) is 62.7 Å². The van der Waals surface area contributed by atoms with Gasteiger partial charge in [-0.15, -0.1) is 0 Å². The number of rotatable bonds is 4. The maximum Gasteiger partial charge on any atom is 0.416 e. The van der Waals surface area contributed by atoms with Gasteiger partial charge in [-0.05, 0) is 44.2 Å². The number of alkyl halides is 3. The zero-order valence-electron chi connectivity index (χ0n) is 16.7. The lowest BCUT2D eigenvalue weighted by Gasteiger charge is -2.36. The van der Waals surface area contributed by atoms with Crippen LogP contribution in [0.25, 0.3) is 0 Å². The second-order valence-corrected chi connectivity index (χ2v) is 6.88. The third-order valence-corrected chi connectivity index (χ3v) is 4.91. The number of halogens is 3. The molecule has 0 aliphatic carbocycles. The number of hydrogen-bond acceptors (Lipinski definition) is 5. The molecule has 9 heteroatoms. The zero-order valence-corrected chi connectivity index (χ0v) is 16.7. The number of ether oxygens (including phenoxy) is 1. The molecule has 3 rings (SSSR count). The number of carbonyl (C=O) groups excluding carboxylic acids is 2. The van der Waals surface area contributed by atoms with E-state index in [1.54, 1.807) is 24.8 Å². The zero-order chi connectivity index (χ0) is 21.9. The highest BCUT2D eigenvalue weighted by Gasteiger charge is 2.31. The number of carbonyl (C=O) groups is 2. The summed E-state index contributed by atoms with van der Waals surface area (Å²) in [6, 6.07) is 8.18. The van der Waals surface area contributed by atoms with Gasteiger partial charge >= 0.3 is 12.1 Å². The fourth-order valence-corrected chi connectivity index (χ4v) is 3.31. The van der Waals surface area contributed by atoms with E-state index in [9.17, 15) is 22.8 Å². The molecule has 0 bridgehead atoms. The number of hydrogen-bond donors (Lipinski definition) is 0. The Morgan fingerprint density at radius 2 is 1.80 bits per heavy atom. The summed E-state index contributed by atoms with van der Waals surface area (Å²) < 4.78 is 43.8. The van der Waals surface area contributed by atoms with Crippen molar-refractivity contribution in [2.24, 2.45) is 0 Å². The normalized spacial score (nSPS) is 14.6. The lowest BCUT2D eigenvalue weighted by atomic mass is 10.1. The number of aromatic nitrogens is 1. The minimum atomic E-state index is -4.40. The largest absolute Gasteiger partial charge is 0.462 e. The SMILES string of the molecule is CCOC(=O)c1ccc(C(=O)N2CCN(c3cccc(C(F)(F)F)c3)CC2)nc1C. The van der Waals surface area contributed by atoms with E-state index < -0.39 is 17.7 Å². The summed E-state index contributed by atoms with van der Waals surface area (Å²) in [6.07, 6.45) is -4.40. The summed E-state index contributed by atoms with van der Waals surface area (Å²) in [5, 5.41) is 0. The van der Waals surface area contributed by atoms with Gasteiger partial charge in [0, 0.05) is 31.9 Å². The lowest BCUT2D eigenvalue weighted by molar-refractivity contribution is -0.137. The number of aryl methyl sites for hydroxylation is 1. The lowest BCUT2D eigenvalue weighted by Crippen LogP contribution is -2.49. The average Bonchev–Trinajstić information content (AvgIpc) is 2.73. The van der Waals surface area contributed by atoms with Gasteiger partial charge in [0.2, 0.25) is 0 Å². The van der Waals surface area contributed by atoms with Crippen LogP contribution in [0.5, 0.6) is 0 Å². The first-order chi connectivity index (χ1) is 14.2. The molecule has 1 fully saturated rings. The standard InChI is InChI=1S/C21H22F3N3O3/c1-3-30-20(29)17-7-8-18(25-14(17)2)19(28)27-11-9-26(10-12-27)16-6-4-5-15(13-16)21(22,23)24/h4-8,13H,3,9-12H2,1-2H3. The highest BCUT2D eigenvalue weighted by molar-refractivity contribution is 5.95. The van der Waals surface area contributed by atoms with Gasteiger partial charge in [-0.3, -0.25) is 4.79 Å². The first-order valence-electron chi connectivity index (χ1n) is 9.57. The second kappa shape index (κ2) is 8.73. The van der Waals surface area contributed by atoms with E-state index in [0.29, 0.717) is 43.1 Å². The van der Waals surface area contributed by atoms with Gasteiger partial charge in [-0.2, -0.15) is 13.2 Å². The van der Waals surface area contributed by atoms with Crippen molar-refractivity contribution in [3.05, 3.63) is 58.9 Å². The van der Waals surface area contributed by atoms with Crippen molar-refractivity contribution in [2.45, 2.75) is 20.0 Å². The van der Waals surface area contributed by atoms with Crippen LogP contribution in [0.2, 0.25) is 0 Å². The molecule has 0 atom stereocenters. The van der Waals surface area contributed by atoms with E-state index in [1.165, 1.54) is 18.2 Å². The third-order valence-electron chi connectivity index (χ3n) is 4.91. The second-order valence-electron chi connectivity index (χ2n) is 6.88. The molecule has 1 saturated heterocycles. The van der Waals surface area contributed by atoms with Gasteiger partial charge in [-0.25, -0.2) is 9.78 Å². The Hall–Kier alpha value is -3.10. The van der Waals surface area contributed by atoms with Gasteiger partial charge in [0.25, 0.3) is 5.91 Å². The number of nitrogens with zero attached hydrogens (tertiary/aromatic N) is 3. The minimum Gasteiger partial charge on any atom is -0.462 e. The number of amides is 1. The van der Waals surface area contributed by atoms with Crippen LogP contribution < -0.4 is 4.90 Å². The molecule has 30 heavy (non-hydrogen) atoms. The van der Waals surface area contributed by atoms with E-state index in [1.807, 2.05) is 4.90 Å². The summed E-state index contributed by atoms with van der Waals surface area (Å²) in [5.74, 6) is -0.770. The van der Waals surface area contributed by atoms with Crippen LogP contribution in [0.15, 0.2) is 36.4 Å². The maximum absolute atomic E-state index is 12.9. The maximum atomic E-state index is 12.9. The molecule has 6 nitrogen and oxygen atoms in total. The van der Waals surface area contributed by atoms with Crippen molar-refractivity contribution in [1.29, 1.82) is 0 Å².